The van der Waals surface area contributed by atoms with Gasteiger partial charge in [-0.3, -0.25) is 0 Å². The van der Waals surface area contributed by atoms with Crippen molar-refractivity contribution < 1.29 is 0 Å². The molecular formula is C26H45N. The van der Waals surface area contributed by atoms with Crippen molar-refractivity contribution in [3.63, 3.8) is 0 Å². The number of fused-ring (bicyclic) bond motifs is 3. The molecule has 0 unspecified atom stereocenters. The fraction of sp³-hybridized carbons (Fsp3) is 0.962. The molecule has 0 saturated heterocycles. The Kier molecular flexibility index (Phi) is 7.32. The predicted molar refractivity (Wildman–Crippen MR) is 115 cm³/mol. The van der Waals surface area contributed by atoms with Crippen molar-refractivity contribution in [2.45, 2.75) is 136 Å². The highest BCUT2D eigenvalue weighted by atomic mass is 14.6. The number of nitriles is 1. The van der Waals surface area contributed by atoms with Gasteiger partial charge in [0.25, 0.3) is 0 Å². The summed E-state index contributed by atoms with van der Waals surface area (Å²) in [5.41, 5.74) is 1.45. The molecule has 4 aliphatic rings. The number of nitrogens with zero attached hydrogens (tertiary/aromatic N) is 1. The molecule has 0 radical (unpaired) electrons. The van der Waals surface area contributed by atoms with Crippen molar-refractivity contribution in [2.24, 2.45) is 22.2 Å². The number of rotatable bonds is 10. The predicted octanol–water partition coefficient (Wildman–Crippen LogP) is 8.58. The van der Waals surface area contributed by atoms with Gasteiger partial charge in [-0.05, 0) is 93.8 Å². The topological polar surface area (TPSA) is 23.8 Å². The Morgan fingerprint density at radius 2 is 1.30 bits per heavy atom. The van der Waals surface area contributed by atoms with Crippen LogP contribution in [-0.4, -0.2) is 0 Å². The summed E-state index contributed by atoms with van der Waals surface area (Å²) in [6.07, 6.45) is 26.6. The van der Waals surface area contributed by atoms with Crippen molar-refractivity contribution in [3.05, 3.63) is 0 Å². The van der Waals surface area contributed by atoms with E-state index in [0.29, 0.717) is 5.41 Å². The Morgan fingerprint density at radius 1 is 0.704 bits per heavy atom. The third-order valence-corrected chi connectivity index (χ3v) is 9.33. The van der Waals surface area contributed by atoms with E-state index in [1.807, 2.05) is 0 Å². The van der Waals surface area contributed by atoms with E-state index in [1.54, 1.807) is 0 Å². The maximum Gasteiger partial charge on any atom is 0.0689 e. The summed E-state index contributed by atoms with van der Waals surface area (Å²) in [6.45, 7) is 4.58. The third kappa shape index (κ3) is 4.74. The normalized spacial score (nSPS) is 38.6. The van der Waals surface area contributed by atoms with Gasteiger partial charge in [0, 0.05) is 0 Å². The van der Waals surface area contributed by atoms with Crippen LogP contribution in [0.5, 0.6) is 0 Å². The Labute approximate surface area is 169 Å². The second kappa shape index (κ2) is 9.33. The SMILES string of the molecule is CCCCCCCC12CCC([C@H]3CC[C@@](C#N)(CCCC)CC3)(CC1)CC2. The Morgan fingerprint density at radius 3 is 1.85 bits per heavy atom. The average Bonchev–Trinajstić information content (AvgIpc) is 2.74. The second-order valence-electron chi connectivity index (χ2n) is 10.8. The van der Waals surface area contributed by atoms with Gasteiger partial charge in [0.05, 0.1) is 11.5 Å². The van der Waals surface area contributed by atoms with Crippen LogP contribution < -0.4 is 0 Å². The van der Waals surface area contributed by atoms with Gasteiger partial charge in [0.15, 0.2) is 0 Å². The molecule has 4 rings (SSSR count). The zero-order chi connectivity index (χ0) is 19.2. The molecule has 0 aromatic heterocycles. The van der Waals surface area contributed by atoms with E-state index >= 15 is 0 Å². The molecule has 4 aliphatic carbocycles. The standard InChI is InChI=1S/C26H45N/c1-3-5-7-8-9-13-24-16-19-26(20-17-24,21-18-24)23-10-14-25(22-27,15-11-23)12-6-4-2/h23H,3-21H2,1-2H3/t23-,24?,25-,26?. The van der Waals surface area contributed by atoms with Crippen LogP contribution in [0, 0.1) is 33.5 Å². The smallest absolute Gasteiger partial charge is 0.0689 e. The Balaban J connectivity index is 1.48. The maximum atomic E-state index is 9.81. The minimum Gasteiger partial charge on any atom is -0.198 e. The largest absolute Gasteiger partial charge is 0.198 e. The van der Waals surface area contributed by atoms with Crippen molar-refractivity contribution in [2.75, 3.05) is 0 Å². The van der Waals surface area contributed by atoms with Crippen molar-refractivity contribution in [3.8, 4) is 6.07 Å². The van der Waals surface area contributed by atoms with Crippen LogP contribution in [0.2, 0.25) is 0 Å². The molecule has 0 spiro atoms. The van der Waals surface area contributed by atoms with Gasteiger partial charge in [-0.25, -0.2) is 0 Å². The van der Waals surface area contributed by atoms with Gasteiger partial charge in [-0.15, -0.1) is 0 Å². The molecular weight excluding hydrogens is 326 g/mol. The molecule has 0 N–H and O–H groups in total. The molecule has 4 saturated carbocycles. The number of unbranched alkanes of at least 4 members (excludes halogenated alkanes) is 5. The van der Waals surface area contributed by atoms with Crippen molar-refractivity contribution >= 4 is 0 Å². The fourth-order valence-electron chi connectivity index (χ4n) is 7.10. The Bertz CT molecular complexity index is 466. The summed E-state index contributed by atoms with van der Waals surface area (Å²) in [6, 6.07) is 2.76. The quantitative estimate of drug-likeness (QED) is 0.353. The van der Waals surface area contributed by atoms with E-state index in [0.717, 1.165) is 17.8 Å². The van der Waals surface area contributed by atoms with Gasteiger partial charge in [0.1, 0.15) is 0 Å². The van der Waals surface area contributed by atoms with E-state index < -0.39 is 0 Å². The molecule has 0 aliphatic heterocycles. The van der Waals surface area contributed by atoms with Gasteiger partial charge in [-0.2, -0.15) is 5.26 Å². The maximum absolute atomic E-state index is 9.81. The van der Waals surface area contributed by atoms with E-state index in [-0.39, 0.29) is 5.41 Å². The zero-order valence-corrected chi connectivity index (χ0v) is 18.5. The van der Waals surface area contributed by atoms with Crippen LogP contribution in [0.4, 0.5) is 0 Å². The lowest BCUT2D eigenvalue weighted by Crippen LogP contribution is -2.47. The Hall–Kier alpha value is -0.510. The lowest BCUT2D eigenvalue weighted by Gasteiger charge is -2.58. The zero-order valence-electron chi connectivity index (χ0n) is 18.5. The van der Waals surface area contributed by atoms with Crippen molar-refractivity contribution in [1.29, 1.82) is 5.26 Å². The second-order valence-corrected chi connectivity index (χ2v) is 10.8. The van der Waals surface area contributed by atoms with Gasteiger partial charge in [-0.1, -0.05) is 58.8 Å². The summed E-state index contributed by atoms with van der Waals surface area (Å²) >= 11 is 0. The van der Waals surface area contributed by atoms with E-state index in [2.05, 4.69) is 19.9 Å². The molecule has 0 atom stereocenters. The first-order valence-corrected chi connectivity index (χ1v) is 12.5. The molecule has 27 heavy (non-hydrogen) atoms. The average molecular weight is 372 g/mol. The van der Waals surface area contributed by atoms with Crippen LogP contribution in [0.25, 0.3) is 0 Å². The molecule has 1 nitrogen and oxygen atoms in total. The summed E-state index contributed by atoms with van der Waals surface area (Å²) in [7, 11) is 0. The van der Waals surface area contributed by atoms with Gasteiger partial charge in [0.2, 0.25) is 0 Å². The van der Waals surface area contributed by atoms with Crippen LogP contribution in [0.3, 0.4) is 0 Å². The molecule has 0 amide bonds. The molecule has 1 heteroatoms. The molecule has 0 aromatic rings. The molecule has 0 aromatic carbocycles. The number of hydrogen-bond acceptors (Lipinski definition) is 1. The highest BCUT2D eigenvalue weighted by Gasteiger charge is 2.52. The van der Waals surface area contributed by atoms with Crippen LogP contribution in [0.15, 0.2) is 0 Å². The molecule has 154 valence electrons. The molecule has 2 bridgehead atoms. The minimum atomic E-state index is 0.0364. The van der Waals surface area contributed by atoms with Gasteiger partial charge < -0.3 is 0 Å². The molecule has 4 fully saturated rings. The molecule has 0 heterocycles. The first-order chi connectivity index (χ1) is 13.1. The van der Waals surface area contributed by atoms with Gasteiger partial charge >= 0.3 is 0 Å². The lowest BCUT2D eigenvalue weighted by atomic mass is 9.47. The minimum absolute atomic E-state index is 0.0364. The summed E-state index contributed by atoms with van der Waals surface area (Å²) < 4.78 is 0. The van der Waals surface area contributed by atoms with Crippen LogP contribution in [-0.2, 0) is 0 Å². The van der Waals surface area contributed by atoms with E-state index in [1.165, 1.54) is 116 Å². The highest BCUT2D eigenvalue weighted by Crippen LogP contribution is 2.64. The van der Waals surface area contributed by atoms with Crippen molar-refractivity contribution in [1.82, 2.24) is 0 Å². The lowest BCUT2D eigenvalue weighted by molar-refractivity contribution is -0.0690. The van der Waals surface area contributed by atoms with Crippen LogP contribution >= 0.6 is 0 Å². The highest BCUT2D eigenvalue weighted by molar-refractivity contribution is 5.07. The number of hydrogen-bond donors (Lipinski definition) is 0. The first-order valence-electron chi connectivity index (χ1n) is 12.5. The monoisotopic (exact) mass is 371 g/mol. The third-order valence-electron chi connectivity index (χ3n) is 9.33. The van der Waals surface area contributed by atoms with Crippen LogP contribution in [0.1, 0.15) is 136 Å². The summed E-state index contributed by atoms with van der Waals surface area (Å²) in [5.74, 6) is 0.934. The van der Waals surface area contributed by atoms with E-state index in [4.69, 9.17) is 0 Å². The van der Waals surface area contributed by atoms with E-state index in [9.17, 15) is 5.26 Å². The first kappa shape index (κ1) is 21.2. The fourth-order valence-corrected chi connectivity index (χ4v) is 7.10. The summed E-state index contributed by atoms with van der Waals surface area (Å²) in [5, 5.41) is 9.81. The summed E-state index contributed by atoms with van der Waals surface area (Å²) in [4.78, 5) is 0.